The molecule has 0 aliphatic heterocycles. The highest BCUT2D eigenvalue weighted by Gasteiger charge is 2.15. The third kappa shape index (κ3) is 1.45. The number of hydrogen-bond donors (Lipinski definition) is 1. The highest BCUT2D eigenvalue weighted by Crippen LogP contribution is 2.33. The van der Waals surface area contributed by atoms with E-state index in [1.165, 1.54) is 6.20 Å². The summed E-state index contributed by atoms with van der Waals surface area (Å²) in [6.45, 7) is 1.81. The van der Waals surface area contributed by atoms with Gasteiger partial charge >= 0.3 is 0 Å². The molecule has 2 aromatic heterocycles. The number of aromatic hydroxyl groups is 1. The van der Waals surface area contributed by atoms with Crippen molar-refractivity contribution >= 4 is 10.9 Å². The Morgan fingerprint density at radius 1 is 1.18 bits per heavy atom. The first kappa shape index (κ1) is 9.84. The third-order valence-electron chi connectivity index (χ3n) is 2.71. The summed E-state index contributed by atoms with van der Waals surface area (Å²) in [5.41, 5.74) is 2.21. The Labute approximate surface area is 97.5 Å². The van der Waals surface area contributed by atoms with Gasteiger partial charge in [-0.05, 0) is 6.92 Å². The molecule has 3 rings (SSSR count). The Balaban J connectivity index is 2.38. The first-order valence-corrected chi connectivity index (χ1v) is 5.27. The number of hydrogen-bond acceptors (Lipinski definition) is 4. The number of rotatable bonds is 1. The van der Waals surface area contributed by atoms with E-state index in [0.29, 0.717) is 11.3 Å². The second-order valence-corrected chi connectivity index (χ2v) is 3.82. The summed E-state index contributed by atoms with van der Waals surface area (Å²) in [5.74, 6) is 0.693. The first-order chi connectivity index (χ1) is 8.27. The van der Waals surface area contributed by atoms with Gasteiger partial charge in [0, 0.05) is 5.56 Å². The number of fused-ring (bicyclic) bond motifs is 1. The maximum Gasteiger partial charge on any atom is 0.163 e. The summed E-state index contributed by atoms with van der Waals surface area (Å²) in [5, 5.41) is 14.3. The summed E-state index contributed by atoms with van der Waals surface area (Å²) in [6, 6.07) is 9.76. The average Bonchev–Trinajstić information content (AvgIpc) is 2.75. The molecule has 0 aliphatic rings. The number of benzene rings is 1. The molecule has 1 N–H and O–H groups in total. The lowest BCUT2D eigenvalue weighted by molar-refractivity contribution is 0.401. The zero-order valence-corrected chi connectivity index (χ0v) is 9.21. The van der Waals surface area contributed by atoms with Crippen LogP contribution in [0.3, 0.4) is 0 Å². The minimum absolute atomic E-state index is 0.0385. The van der Waals surface area contributed by atoms with E-state index in [0.717, 1.165) is 16.6 Å². The van der Waals surface area contributed by atoms with E-state index in [2.05, 4.69) is 10.1 Å². The number of aryl methyl sites for hydroxylation is 1. The van der Waals surface area contributed by atoms with Gasteiger partial charge in [-0.1, -0.05) is 35.5 Å². The second-order valence-electron chi connectivity index (χ2n) is 3.82. The van der Waals surface area contributed by atoms with Gasteiger partial charge < -0.3 is 9.63 Å². The molecule has 0 unspecified atom stereocenters. The molecule has 0 saturated heterocycles. The van der Waals surface area contributed by atoms with Crippen LogP contribution in [0.25, 0.3) is 22.2 Å². The van der Waals surface area contributed by atoms with E-state index in [-0.39, 0.29) is 5.75 Å². The minimum Gasteiger partial charge on any atom is -0.504 e. The molecule has 2 heterocycles. The Hall–Kier alpha value is -2.36. The van der Waals surface area contributed by atoms with Crippen molar-refractivity contribution in [3.8, 4) is 17.0 Å². The maximum atomic E-state index is 9.67. The zero-order valence-electron chi connectivity index (χ0n) is 9.21. The molecule has 0 amide bonds. The van der Waals surface area contributed by atoms with Crippen molar-refractivity contribution in [1.82, 2.24) is 10.1 Å². The second kappa shape index (κ2) is 3.59. The van der Waals surface area contributed by atoms with Crippen LogP contribution in [0, 0.1) is 6.92 Å². The van der Waals surface area contributed by atoms with Crippen LogP contribution in [-0.4, -0.2) is 15.2 Å². The molecule has 17 heavy (non-hydrogen) atoms. The van der Waals surface area contributed by atoms with Gasteiger partial charge in [-0.2, -0.15) is 0 Å². The molecular weight excluding hydrogens is 216 g/mol. The van der Waals surface area contributed by atoms with Gasteiger partial charge in [0.25, 0.3) is 0 Å². The minimum atomic E-state index is 0.0385. The van der Waals surface area contributed by atoms with Gasteiger partial charge in [0.05, 0.1) is 17.3 Å². The lowest BCUT2D eigenvalue weighted by atomic mass is 10.1. The Kier molecular flexibility index (Phi) is 2.08. The average molecular weight is 226 g/mol. The highest BCUT2D eigenvalue weighted by molar-refractivity contribution is 5.96. The number of nitrogens with zero attached hydrogens (tertiary/aromatic N) is 2. The van der Waals surface area contributed by atoms with Crippen LogP contribution in [0.15, 0.2) is 41.1 Å². The molecular formula is C13H10N2O2. The Bertz CT molecular complexity index is 674. The van der Waals surface area contributed by atoms with E-state index in [1.807, 2.05) is 37.3 Å². The summed E-state index contributed by atoms with van der Waals surface area (Å²) < 4.78 is 5.11. The van der Waals surface area contributed by atoms with Crippen LogP contribution in [0.1, 0.15) is 5.76 Å². The molecule has 0 spiro atoms. The van der Waals surface area contributed by atoms with Crippen LogP contribution in [0.2, 0.25) is 0 Å². The number of aromatic nitrogens is 2. The molecule has 0 saturated carbocycles. The molecule has 84 valence electrons. The van der Waals surface area contributed by atoms with Crippen LogP contribution < -0.4 is 0 Å². The van der Waals surface area contributed by atoms with Crippen molar-refractivity contribution in [3.05, 3.63) is 42.3 Å². The van der Waals surface area contributed by atoms with E-state index < -0.39 is 0 Å². The van der Waals surface area contributed by atoms with E-state index >= 15 is 0 Å². The Morgan fingerprint density at radius 2 is 1.94 bits per heavy atom. The summed E-state index contributed by atoms with van der Waals surface area (Å²) in [7, 11) is 0. The SMILES string of the molecule is Cc1onc2c(O)cnc(-c3ccccc3)c12. The fourth-order valence-corrected chi connectivity index (χ4v) is 1.89. The molecule has 0 radical (unpaired) electrons. The van der Waals surface area contributed by atoms with Crippen LogP contribution >= 0.6 is 0 Å². The van der Waals surface area contributed by atoms with Gasteiger partial charge in [0.2, 0.25) is 0 Å². The molecule has 0 bridgehead atoms. The van der Waals surface area contributed by atoms with Crippen LogP contribution in [0.4, 0.5) is 0 Å². The molecule has 1 aromatic carbocycles. The summed E-state index contributed by atoms with van der Waals surface area (Å²) >= 11 is 0. The van der Waals surface area contributed by atoms with Crippen LogP contribution in [0.5, 0.6) is 5.75 Å². The van der Waals surface area contributed by atoms with Gasteiger partial charge in [0.15, 0.2) is 11.3 Å². The third-order valence-corrected chi connectivity index (χ3v) is 2.71. The molecule has 0 fully saturated rings. The molecule has 0 aliphatic carbocycles. The van der Waals surface area contributed by atoms with Gasteiger partial charge in [-0.3, -0.25) is 4.98 Å². The van der Waals surface area contributed by atoms with Gasteiger partial charge in [-0.15, -0.1) is 0 Å². The molecule has 3 aromatic rings. The van der Waals surface area contributed by atoms with Gasteiger partial charge in [0.1, 0.15) is 5.76 Å². The van der Waals surface area contributed by atoms with Crippen molar-refractivity contribution in [2.24, 2.45) is 0 Å². The summed E-state index contributed by atoms with van der Waals surface area (Å²) in [6.07, 6.45) is 1.40. The summed E-state index contributed by atoms with van der Waals surface area (Å²) in [4.78, 5) is 4.26. The van der Waals surface area contributed by atoms with Gasteiger partial charge in [-0.25, -0.2) is 0 Å². The van der Waals surface area contributed by atoms with Crippen molar-refractivity contribution < 1.29 is 9.63 Å². The van der Waals surface area contributed by atoms with Crippen LogP contribution in [-0.2, 0) is 0 Å². The van der Waals surface area contributed by atoms with E-state index in [1.54, 1.807) is 0 Å². The smallest absolute Gasteiger partial charge is 0.163 e. The maximum absolute atomic E-state index is 9.67. The van der Waals surface area contributed by atoms with Crippen molar-refractivity contribution in [3.63, 3.8) is 0 Å². The normalized spacial score (nSPS) is 10.9. The largest absolute Gasteiger partial charge is 0.504 e. The highest BCUT2D eigenvalue weighted by atomic mass is 16.5. The molecule has 0 atom stereocenters. The topological polar surface area (TPSA) is 59.2 Å². The van der Waals surface area contributed by atoms with Crippen molar-refractivity contribution in [2.45, 2.75) is 6.92 Å². The molecule has 4 heteroatoms. The first-order valence-electron chi connectivity index (χ1n) is 5.27. The zero-order chi connectivity index (χ0) is 11.8. The lowest BCUT2D eigenvalue weighted by Crippen LogP contribution is -1.86. The van der Waals surface area contributed by atoms with Crippen molar-refractivity contribution in [2.75, 3.05) is 0 Å². The monoisotopic (exact) mass is 226 g/mol. The van der Waals surface area contributed by atoms with E-state index in [9.17, 15) is 5.11 Å². The fourth-order valence-electron chi connectivity index (χ4n) is 1.89. The molecule has 4 nitrogen and oxygen atoms in total. The quantitative estimate of drug-likeness (QED) is 0.693. The van der Waals surface area contributed by atoms with Crippen molar-refractivity contribution in [1.29, 1.82) is 0 Å². The lowest BCUT2D eigenvalue weighted by Gasteiger charge is -2.02. The predicted molar refractivity (Wildman–Crippen MR) is 63.6 cm³/mol. The Morgan fingerprint density at radius 3 is 2.71 bits per heavy atom. The fraction of sp³-hybridized carbons (Fsp3) is 0.0769. The standard InChI is InChI=1S/C13H10N2O2/c1-8-11-12(9-5-3-2-4-6-9)14-7-10(16)13(11)15-17-8/h2-7,16H,1H3. The van der Waals surface area contributed by atoms with E-state index in [4.69, 9.17) is 4.52 Å². The predicted octanol–water partition coefficient (Wildman–Crippen LogP) is 2.90. The number of pyridine rings is 1.